The van der Waals surface area contributed by atoms with Crippen molar-refractivity contribution in [1.82, 2.24) is 4.90 Å². The Labute approximate surface area is 120 Å². The maximum absolute atomic E-state index is 12.4. The zero-order valence-electron chi connectivity index (χ0n) is 12.0. The van der Waals surface area contributed by atoms with Crippen LogP contribution in [0.1, 0.15) is 24.8 Å². The van der Waals surface area contributed by atoms with Gasteiger partial charge in [0.25, 0.3) is 0 Å². The van der Waals surface area contributed by atoms with Crippen LogP contribution in [0.25, 0.3) is 0 Å². The number of nitrogens with zero attached hydrogens (tertiary/aromatic N) is 1. The van der Waals surface area contributed by atoms with E-state index in [0.29, 0.717) is 6.61 Å². The van der Waals surface area contributed by atoms with Crippen LogP contribution < -0.4 is 4.74 Å². The number of ether oxygens (including phenoxy) is 1. The molecule has 0 fully saturated rings. The van der Waals surface area contributed by atoms with Gasteiger partial charge in [-0.3, -0.25) is 4.79 Å². The number of rotatable bonds is 6. The summed E-state index contributed by atoms with van der Waals surface area (Å²) in [6.45, 7) is 1.44. The fourth-order valence-electron chi connectivity index (χ4n) is 2.55. The zero-order valence-corrected chi connectivity index (χ0v) is 12.0. The lowest BCUT2D eigenvalue weighted by molar-refractivity contribution is -0.135. The van der Waals surface area contributed by atoms with E-state index in [9.17, 15) is 4.79 Å². The molecular formula is C16H23NO3. The van der Waals surface area contributed by atoms with E-state index in [-0.39, 0.29) is 18.4 Å². The van der Waals surface area contributed by atoms with Crippen molar-refractivity contribution in [3.63, 3.8) is 0 Å². The highest BCUT2D eigenvalue weighted by atomic mass is 16.5. The van der Waals surface area contributed by atoms with Crippen molar-refractivity contribution in [2.24, 2.45) is 5.92 Å². The number of carbonyl (C=O) groups excluding carboxylic acids is 1. The Morgan fingerprint density at radius 2 is 2.15 bits per heavy atom. The number of para-hydroxylation sites is 1. The second-order valence-corrected chi connectivity index (χ2v) is 5.36. The lowest BCUT2D eigenvalue weighted by Crippen LogP contribution is -2.39. The summed E-state index contributed by atoms with van der Waals surface area (Å²) in [5.74, 6) is 0.985. The Balaban J connectivity index is 1.84. The van der Waals surface area contributed by atoms with Gasteiger partial charge in [0.1, 0.15) is 12.4 Å². The molecule has 20 heavy (non-hydrogen) atoms. The van der Waals surface area contributed by atoms with E-state index >= 15 is 0 Å². The number of aliphatic hydroxyl groups excluding tert-OH is 1. The molecule has 0 saturated heterocycles. The minimum absolute atomic E-state index is 0.0762. The summed E-state index contributed by atoms with van der Waals surface area (Å²) in [5.41, 5.74) is 1.12. The Kier molecular flexibility index (Phi) is 5.41. The molecule has 1 atom stereocenters. The Morgan fingerprint density at radius 1 is 1.35 bits per heavy atom. The first-order valence-electron chi connectivity index (χ1n) is 7.29. The molecule has 0 bridgehead atoms. The van der Waals surface area contributed by atoms with Crippen molar-refractivity contribution in [1.29, 1.82) is 0 Å². The topological polar surface area (TPSA) is 49.8 Å². The highest BCUT2D eigenvalue weighted by molar-refractivity contribution is 5.79. The first-order chi connectivity index (χ1) is 9.72. The first kappa shape index (κ1) is 14.9. The third kappa shape index (κ3) is 3.73. The minimum atomic E-state index is -0.0762. The number of amides is 1. The van der Waals surface area contributed by atoms with E-state index in [1.807, 2.05) is 31.3 Å². The second kappa shape index (κ2) is 7.29. The molecule has 2 rings (SSSR count). The molecule has 0 spiro atoms. The van der Waals surface area contributed by atoms with Gasteiger partial charge in [0, 0.05) is 20.2 Å². The number of hydrogen-bond acceptors (Lipinski definition) is 3. The number of carbonyl (C=O) groups is 1. The molecule has 1 aliphatic heterocycles. The van der Waals surface area contributed by atoms with Gasteiger partial charge in [-0.1, -0.05) is 18.2 Å². The number of unbranched alkanes of at least 4 members (excludes halogenated alkanes) is 2. The van der Waals surface area contributed by atoms with Crippen molar-refractivity contribution < 1.29 is 14.6 Å². The molecule has 4 nitrogen and oxygen atoms in total. The molecular weight excluding hydrogens is 254 g/mol. The van der Waals surface area contributed by atoms with Crippen molar-refractivity contribution in [2.45, 2.75) is 25.7 Å². The molecule has 1 heterocycles. The quantitative estimate of drug-likeness (QED) is 0.807. The Morgan fingerprint density at radius 3 is 2.95 bits per heavy atom. The summed E-state index contributed by atoms with van der Waals surface area (Å²) in [6.07, 6.45) is 3.46. The van der Waals surface area contributed by atoms with Crippen molar-refractivity contribution in [2.75, 3.05) is 26.8 Å². The average Bonchev–Trinajstić information content (AvgIpc) is 2.50. The lowest BCUT2D eigenvalue weighted by atomic mass is 9.95. The van der Waals surface area contributed by atoms with Crippen LogP contribution in [-0.2, 0) is 11.2 Å². The van der Waals surface area contributed by atoms with E-state index < -0.39 is 0 Å². The van der Waals surface area contributed by atoms with Gasteiger partial charge in [0.2, 0.25) is 5.91 Å². The predicted molar refractivity (Wildman–Crippen MR) is 77.7 cm³/mol. The fraction of sp³-hybridized carbons (Fsp3) is 0.562. The monoisotopic (exact) mass is 277 g/mol. The van der Waals surface area contributed by atoms with Gasteiger partial charge in [-0.15, -0.1) is 0 Å². The normalized spacial score (nSPS) is 17.2. The van der Waals surface area contributed by atoms with Crippen LogP contribution in [-0.4, -0.2) is 42.7 Å². The number of fused-ring (bicyclic) bond motifs is 1. The molecule has 1 unspecified atom stereocenters. The van der Waals surface area contributed by atoms with Crippen LogP contribution in [0.15, 0.2) is 24.3 Å². The third-order valence-electron chi connectivity index (χ3n) is 3.76. The SMILES string of the molecule is CN(CCCCCO)C(=O)C1COc2ccccc2C1. The summed E-state index contributed by atoms with van der Waals surface area (Å²) in [6, 6.07) is 7.91. The molecule has 0 radical (unpaired) electrons. The number of aliphatic hydroxyl groups is 1. The maximum Gasteiger partial charge on any atom is 0.229 e. The smallest absolute Gasteiger partial charge is 0.229 e. The van der Waals surface area contributed by atoms with Gasteiger partial charge in [-0.25, -0.2) is 0 Å². The summed E-state index contributed by atoms with van der Waals surface area (Å²) < 4.78 is 5.67. The molecule has 1 aromatic rings. The summed E-state index contributed by atoms with van der Waals surface area (Å²) in [7, 11) is 1.85. The van der Waals surface area contributed by atoms with Crippen LogP contribution in [0.3, 0.4) is 0 Å². The van der Waals surface area contributed by atoms with Crippen LogP contribution in [0, 0.1) is 5.92 Å². The van der Waals surface area contributed by atoms with Gasteiger partial charge >= 0.3 is 0 Å². The highest BCUT2D eigenvalue weighted by Crippen LogP contribution is 2.27. The average molecular weight is 277 g/mol. The van der Waals surface area contributed by atoms with Gasteiger partial charge in [0.15, 0.2) is 0 Å². The molecule has 0 aromatic heterocycles. The molecule has 110 valence electrons. The summed E-state index contributed by atoms with van der Waals surface area (Å²) in [5, 5.41) is 8.74. The van der Waals surface area contributed by atoms with E-state index in [1.165, 1.54) is 0 Å². The standard InChI is InChI=1S/C16H23NO3/c1-17(9-5-2-6-10-18)16(19)14-11-13-7-3-4-8-15(13)20-12-14/h3-4,7-8,14,18H,2,5-6,9-12H2,1H3. The van der Waals surface area contributed by atoms with Crippen LogP contribution in [0.2, 0.25) is 0 Å². The first-order valence-corrected chi connectivity index (χ1v) is 7.29. The fourth-order valence-corrected chi connectivity index (χ4v) is 2.55. The molecule has 1 N–H and O–H groups in total. The molecule has 0 aliphatic carbocycles. The lowest BCUT2D eigenvalue weighted by Gasteiger charge is -2.28. The number of hydrogen-bond donors (Lipinski definition) is 1. The van der Waals surface area contributed by atoms with Gasteiger partial charge in [-0.2, -0.15) is 0 Å². The van der Waals surface area contributed by atoms with E-state index in [2.05, 4.69) is 0 Å². The van der Waals surface area contributed by atoms with Crippen LogP contribution in [0.5, 0.6) is 5.75 Å². The Bertz CT molecular complexity index is 447. The maximum atomic E-state index is 12.4. The predicted octanol–water partition coefficient (Wildman–Crippen LogP) is 1.86. The van der Waals surface area contributed by atoms with Crippen LogP contribution >= 0.6 is 0 Å². The zero-order chi connectivity index (χ0) is 14.4. The highest BCUT2D eigenvalue weighted by Gasteiger charge is 2.27. The Hall–Kier alpha value is -1.55. The van der Waals surface area contributed by atoms with Gasteiger partial charge < -0.3 is 14.7 Å². The molecule has 1 amide bonds. The third-order valence-corrected chi connectivity index (χ3v) is 3.76. The van der Waals surface area contributed by atoms with Crippen molar-refractivity contribution in [3.05, 3.63) is 29.8 Å². The molecule has 1 aromatic carbocycles. The van der Waals surface area contributed by atoms with Crippen molar-refractivity contribution >= 4 is 5.91 Å². The van der Waals surface area contributed by atoms with Gasteiger partial charge in [-0.05, 0) is 37.3 Å². The van der Waals surface area contributed by atoms with E-state index in [1.54, 1.807) is 4.90 Å². The van der Waals surface area contributed by atoms with Crippen molar-refractivity contribution in [3.8, 4) is 5.75 Å². The van der Waals surface area contributed by atoms with E-state index in [4.69, 9.17) is 9.84 Å². The minimum Gasteiger partial charge on any atom is -0.492 e. The summed E-state index contributed by atoms with van der Waals surface area (Å²) >= 11 is 0. The molecule has 4 heteroatoms. The van der Waals surface area contributed by atoms with Crippen LogP contribution in [0.4, 0.5) is 0 Å². The van der Waals surface area contributed by atoms with Gasteiger partial charge in [0.05, 0.1) is 5.92 Å². The second-order valence-electron chi connectivity index (χ2n) is 5.36. The van der Waals surface area contributed by atoms with E-state index in [0.717, 1.165) is 43.5 Å². The molecule has 0 saturated carbocycles. The summed E-state index contributed by atoms with van der Waals surface area (Å²) in [4.78, 5) is 14.2. The molecule has 1 aliphatic rings. The number of benzene rings is 1. The largest absolute Gasteiger partial charge is 0.492 e.